The van der Waals surface area contributed by atoms with Gasteiger partial charge in [0.05, 0.1) is 0 Å². The number of anilines is 1. The van der Waals surface area contributed by atoms with E-state index in [1.807, 2.05) is 41.1 Å². The fraction of sp³-hybridized carbons (Fsp3) is 0.0769. The van der Waals surface area contributed by atoms with Crippen molar-refractivity contribution in [2.24, 2.45) is 0 Å². The number of nitrogens with one attached hydrogen (secondary N) is 1. The van der Waals surface area contributed by atoms with E-state index in [4.69, 9.17) is 0 Å². The van der Waals surface area contributed by atoms with Crippen LogP contribution < -0.4 is 5.32 Å². The molecule has 90 valence electrons. The highest BCUT2D eigenvalue weighted by molar-refractivity contribution is 9.10. The molecule has 4 nitrogen and oxygen atoms in total. The summed E-state index contributed by atoms with van der Waals surface area (Å²) in [5.41, 5.74) is 1.91. The van der Waals surface area contributed by atoms with Gasteiger partial charge in [0.15, 0.2) is 11.5 Å². The van der Waals surface area contributed by atoms with Crippen molar-refractivity contribution in [3.8, 4) is 0 Å². The van der Waals surface area contributed by atoms with Crippen LogP contribution in [-0.4, -0.2) is 14.4 Å². The number of rotatable bonds is 2. The SMILES string of the molecule is Brc1cn2ccnc2c(NC2=CC=CC=CC2)n1. The Morgan fingerprint density at radius 2 is 2.22 bits per heavy atom. The molecule has 1 aliphatic rings. The van der Waals surface area contributed by atoms with Crippen LogP contribution in [0.15, 0.2) is 59.3 Å². The first-order valence-corrected chi connectivity index (χ1v) is 6.41. The lowest BCUT2D eigenvalue weighted by molar-refractivity contribution is 1.08. The second-order valence-electron chi connectivity index (χ2n) is 3.90. The van der Waals surface area contributed by atoms with Crippen LogP contribution in [0.25, 0.3) is 5.65 Å². The van der Waals surface area contributed by atoms with E-state index in [1.165, 1.54) is 0 Å². The van der Waals surface area contributed by atoms with Crippen molar-refractivity contribution in [2.75, 3.05) is 5.32 Å². The number of imidazole rings is 1. The molecular formula is C13H11BrN4. The number of nitrogens with zero attached hydrogens (tertiary/aromatic N) is 3. The van der Waals surface area contributed by atoms with Gasteiger partial charge in [-0.05, 0) is 22.0 Å². The molecule has 0 atom stereocenters. The average molecular weight is 303 g/mol. The standard InChI is InChI=1S/C13H11BrN4/c14-11-9-18-8-7-15-13(18)12(17-11)16-10-5-3-1-2-4-6-10/h1-5,7-9H,6H2,(H,16,17). The van der Waals surface area contributed by atoms with Crippen LogP contribution >= 0.6 is 15.9 Å². The monoisotopic (exact) mass is 302 g/mol. The minimum Gasteiger partial charge on any atom is -0.340 e. The molecule has 1 aliphatic carbocycles. The summed E-state index contributed by atoms with van der Waals surface area (Å²) in [4.78, 5) is 8.73. The zero-order valence-electron chi connectivity index (χ0n) is 9.55. The van der Waals surface area contributed by atoms with Crippen molar-refractivity contribution in [3.05, 3.63) is 59.3 Å². The van der Waals surface area contributed by atoms with Gasteiger partial charge >= 0.3 is 0 Å². The van der Waals surface area contributed by atoms with E-state index >= 15 is 0 Å². The van der Waals surface area contributed by atoms with Crippen LogP contribution in [0.1, 0.15) is 6.42 Å². The van der Waals surface area contributed by atoms with E-state index in [1.54, 1.807) is 6.20 Å². The Kier molecular flexibility index (Phi) is 2.98. The smallest absolute Gasteiger partial charge is 0.180 e. The fourth-order valence-corrected chi connectivity index (χ4v) is 2.21. The molecule has 0 aliphatic heterocycles. The molecule has 1 N–H and O–H groups in total. The van der Waals surface area contributed by atoms with E-state index < -0.39 is 0 Å². The van der Waals surface area contributed by atoms with Crippen molar-refractivity contribution in [3.63, 3.8) is 0 Å². The molecule has 2 aromatic heterocycles. The van der Waals surface area contributed by atoms with Gasteiger partial charge in [-0.1, -0.05) is 24.3 Å². The molecule has 0 fully saturated rings. The second-order valence-corrected chi connectivity index (χ2v) is 4.72. The molecule has 0 bridgehead atoms. The van der Waals surface area contributed by atoms with E-state index in [0.29, 0.717) is 0 Å². The number of allylic oxidation sites excluding steroid dienone is 5. The Morgan fingerprint density at radius 3 is 3.17 bits per heavy atom. The molecule has 0 radical (unpaired) electrons. The normalized spacial score (nSPS) is 14.6. The molecule has 0 amide bonds. The van der Waals surface area contributed by atoms with Gasteiger partial charge in [0.1, 0.15) is 4.60 Å². The molecule has 2 aromatic rings. The predicted octanol–water partition coefficient (Wildman–Crippen LogP) is 3.30. The number of hydrogen-bond acceptors (Lipinski definition) is 3. The molecule has 0 unspecified atom stereocenters. The molecule has 0 aromatic carbocycles. The number of halogens is 1. The van der Waals surface area contributed by atoms with Gasteiger partial charge in [-0.2, -0.15) is 0 Å². The molecule has 2 heterocycles. The van der Waals surface area contributed by atoms with Crippen molar-refractivity contribution < 1.29 is 0 Å². The lowest BCUT2D eigenvalue weighted by Gasteiger charge is -2.09. The summed E-state index contributed by atoms with van der Waals surface area (Å²) >= 11 is 3.40. The molecule has 0 saturated carbocycles. The molecule has 18 heavy (non-hydrogen) atoms. The maximum atomic E-state index is 4.43. The molecular weight excluding hydrogens is 292 g/mol. The summed E-state index contributed by atoms with van der Waals surface area (Å²) in [5, 5.41) is 3.32. The summed E-state index contributed by atoms with van der Waals surface area (Å²) in [6, 6.07) is 0. The first kappa shape index (κ1) is 11.2. The third kappa shape index (κ3) is 2.22. The van der Waals surface area contributed by atoms with Gasteiger partial charge in [0.2, 0.25) is 0 Å². The Hall–Kier alpha value is -1.88. The Morgan fingerprint density at radius 1 is 1.28 bits per heavy atom. The third-order valence-corrected chi connectivity index (χ3v) is 3.00. The van der Waals surface area contributed by atoms with Crippen LogP contribution in [0.4, 0.5) is 5.82 Å². The van der Waals surface area contributed by atoms with Gasteiger partial charge in [-0.15, -0.1) is 0 Å². The van der Waals surface area contributed by atoms with Crippen LogP contribution in [0.3, 0.4) is 0 Å². The van der Waals surface area contributed by atoms with E-state index in [0.717, 1.165) is 28.2 Å². The Balaban J connectivity index is 1.99. The lowest BCUT2D eigenvalue weighted by Crippen LogP contribution is -2.03. The van der Waals surface area contributed by atoms with Crippen molar-refractivity contribution >= 4 is 27.4 Å². The van der Waals surface area contributed by atoms with E-state index in [2.05, 4.69) is 37.3 Å². The summed E-state index contributed by atoms with van der Waals surface area (Å²) in [6.45, 7) is 0. The summed E-state index contributed by atoms with van der Waals surface area (Å²) in [6.07, 6.45) is 16.6. The number of fused-ring (bicyclic) bond motifs is 1. The maximum absolute atomic E-state index is 4.43. The van der Waals surface area contributed by atoms with Gasteiger partial charge in [-0.3, -0.25) is 0 Å². The molecule has 5 heteroatoms. The minimum atomic E-state index is 0.754. The topological polar surface area (TPSA) is 42.2 Å². The summed E-state index contributed by atoms with van der Waals surface area (Å²) < 4.78 is 2.71. The fourth-order valence-electron chi connectivity index (χ4n) is 1.81. The van der Waals surface area contributed by atoms with Crippen LogP contribution in [0.2, 0.25) is 0 Å². The second kappa shape index (κ2) is 4.78. The van der Waals surface area contributed by atoms with Gasteiger partial charge in [0.25, 0.3) is 0 Å². The average Bonchev–Trinajstić information content (AvgIpc) is 2.66. The highest BCUT2D eigenvalue weighted by atomic mass is 79.9. The van der Waals surface area contributed by atoms with Crippen molar-refractivity contribution in [1.29, 1.82) is 0 Å². The quantitative estimate of drug-likeness (QED) is 0.925. The minimum absolute atomic E-state index is 0.754. The molecule has 0 saturated heterocycles. The highest BCUT2D eigenvalue weighted by Crippen LogP contribution is 2.19. The van der Waals surface area contributed by atoms with Gasteiger partial charge in [0, 0.05) is 30.7 Å². The highest BCUT2D eigenvalue weighted by Gasteiger charge is 2.07. The zero-order chi connectivity index (χ0) is 12.4. The van der Waals surface area contributed by atoms with E-state index in [9.17, 15) is 0 Å². The summed E-state index contributed by atoms with van der Waals surface area (Å²) in [7, 11) is 0. The first-order chi connectivity index (χ1) is 8.83. The number of hydrogen-bond donors (Lipinski definition) is 1. The first-order valence-electron chi connectivity index (χ1n) is 5.61. The molecule has 0 spiro atoms. The molecule has 3 rings (SSSR count). The Labute approximate surface area is 113 Å². The number of aromatic nitrogens is 3. The van der Waals surface area contributed by atoms with E-state index in [-0.39, 0.29) is 0 Å². The Bertz CT molecular complexity index is 667. The largest absolute Gasteiger partial charge is 0.340 e. The predicted molar refractivity (Wildman–Crippen MR) is 75.3 cm³/mol. The third-order valence-electron chi connectivity index (χ3n) is 2.62. The van der Waals surface area contributed by atoms with Crippen LogP contribution in [0, 0.1) is 0 Å². The summed E-state index contributed by atoms with van der Waals surface area (Å²) in [5.74, 6) is 0.754. The zero-order valence-corrected chi connectivity index (χ0v) is 11.1. The van der Waals surface area contributed by atoms with Crippen LogP contribution in [0.5, 0.6) is 0 Å². The van der Waals surface area contributed by atoms with Gasteiger partial charge in [-0.25, -0.2) is 9.97 Å². The van der Waals surface area contributed by atoms with Crippen LogP contribution in [-0.2, 0) is 0 Å². The van der Waals surface area contributed by atoms with Crippen molar-refractivity contribution in [1.82, 2.24) is 14.4 Å². The maximum Gasteiger partial charge on any atom is 0.180 e. The van der Waals surface area contributed by atoms with Crippen molar-refractivity contribution in [2.45, 2.75) is 6.42 Å². The lowest BCUT2D eigenvalue weighted by atomic mass is 10.3. The van der Waals surface area contributed by atoms with Gasteiger partial charge < -0.3 is 9.72 Å².